The van der Waals surface area contributed by atoms with Gasteiger partial charge in [-0.15, -0.1) is 0 Å². The summed E-state index contributed by atoms with van der Waals surface area (Å²) in [4.78, 5) is 21.7. The first-order valence-corrected chi connectivity index (χ1v) is 6.81. The number of hydrogen-bond acceptors (Lipinski definition) is 5. The summed E-state index contributed by atoms with van der Waals surface area (Å²) in [7, 11) is 1.29. The Balaban J connectivity index is 2.23. The monoisotopic (exact) mass is 291 g/mol. The highest BCUT2D eigenvalue weighted by Crippen LogP contribution is 2.32. The molecule has 0 N–H and O–H groups in total. The summed E-state index contributed by atoms with van der Waals surface area (Å²) in [6.45, 7) is 0. The maximum atomic E-state index is 11.1. The molecule has 0 aliphatic heterocycles. The molecule has 0 spiro atoms. The van der Waals surface area contributed by atoms with Crippen LogP contribution in [0.2, 0.25) is 0 Å². The van der Waals surface area contributed by atoms with Crippen molar-refractivity contribution in [2.75, 3.05) is 7.11 Å². The van der Waals surface area contributed by atoms with E-state index in [9.17, 15) is 14.9 Å². The normalized spacial score (nSPS) is 15.3. The van der Waals surface area contributed by atoms with Crippen molar-refractivity contribution in [2.45, 2.75) is 31.8 Å². The molecule has 2 rings (SSSR count). The maximum Gasteiger partial charge on any atom is 0.330 e. The second kappa shape index (κ2) is 6.88. The zero-order valence-electron chi connectivity index (χ0n) is 11.8. The Morgan fingerprint density at radius 3 is 2.71 bits per heavy atom. The molecule has 0 atom stereocenters. The number of ether oxygens (including phenoxy) is 2. The fourth-order valence-corrected chi connectivity index (χ4v) is 2.30. The Morgan fingerprint density at radius 1 is 1.38 bits per heavy atom. The molecule has 0 unspecified atom stereocenters. The van der Waals surface area contributed by atoms with Gasteiger partial charge in [0.25, 0.3) is 0 Å². The number of nitro benzene ring substituents is 1. The lowest BCUT2D eigenvalue weighted by molar-refractivity contribution is -0.386. The van der Waals surface area contributed by atoms with Crippen molar-refractivity contribution in [3.05, 3.63) is 40.0 Å². The number of nitrogens with zero attached hydrogens (tertiary/aromatic N) is 1. The van der Waals surface area contributed by atoms with Gasteiger partial charge < -0.3 is 9.47 Å². The van der Waals surface area contributed by atoms with E-state index in [2.05, 4.69) is 4.74 Å². The highest BCUT2D eigenvalue weighted by Gasteiger charge is 2.22. The summed E-state index contributed by atoms with van der Waals surface area (Å²) in [6, 6.07) is 4.54. The Bertz CT molecular complexity index is 561. The lowest BCUT2D eigenvalue weighted by Gasteiger charge is -2.13. The predicted molar refractivity (Wildman–Crippen MR) is 77.0 cm³/mol. The van der Waals surface area contributed by atoms with Gasteiger partial charge in [-0.3, -0.25) is 10.1 Å². The average molecular weight is 291 g/mol. The van der Waals surface area contributed by atoms with Crippen LogP contribution in [0, 0.1) is 10.1 Å². The van der Waals surface area contributed by atoms with Crippen LogP contribution in [0.1, 0.15) is 31.2 Å². The van der Waals surface area contributed by atoms with Gasteiger partial charge in [0.05, 0.1) is 18.1 Å². The van der Waals surface area contributed by atoms with Crippen molar-refractivity contribution >= 4 is 17.7 Å². The third kappa shape index (κ3) is 4.05. The third-order valence-electron chi connectivity index (χ3n) is 3.39. The van der Waals surface area contributed by atoms with Gasteiger partial charge in [0, 0.05) is 12.1 Å². The van der Waals surface area contributed by atoms with E-state index in [-0.39, 0.29) is 17.5 Å². The van der Waals surface area contributed by atoms with E-state index in [0.29, 0.717) is 5.56 Å². The van der Waals surface area contributed by atoms with Crippen molar-refractivity contribution in [3.63, 3.8) is 0 Å². The molecular weight excluding hydrogens is 274 g/mol. The van der Waals surface area contributed by atoms with Crippen LogP contribution >= 0.6 is 0 Å². The second-order valence-electron chi connectivity index (χ2n) is 4.87. The van der Waals surface area contributed by atoms with Gasteiger partial charge in [0.1, 0.15) is 0 Å². The van der Waals surface area contributed by atoms with E-state index in [1.54, 1.807) is 12.1 Å². The standard InChI is InChI=1S/C15H17NO5/c1-20-15(17)9-7-11-6-8-13(16(18)19)14(10-11)21-12-4-2-3-5-12/h6-10,12H,2-5H2,1H3. The van der Waals surface area contributed by atoms with Crippen molar-refractivity contribution < 1.29 is 19.2 Å². The quantitative estimate of drug-likeness (QED) is 0.360. The summed E-state index contributed by atoms with van der Waals surface area (Å²) in [6.07, 6.45) is 6.83. The zero-order chi connectivity index (χ0) is 15.2. The average Bonchev–Trinajstić information content (AvgIpc) is 2.97. The van der Waals surface area contributed by atoms with E-state index < -0.39 is 10.9 Å². The summed E-state index contributed by atoms with van der Waals surface area (Å²) in [5, 5.41) is 11.1. The highest BCUT2D eigenvalue weighted by molar-refractivity contribution is 5.87. The molecule has 0 aromatic heterocycles. The summed E-state index contributed by atoms with van der Waals surface area (Å²) < 4.78 is 10.3. The van der Waals surface area contributed by atoms with Crippen molar-refractivity contribution in [3.8, 4) is 5.75 Å². The minimum absolute atomic E-state index is 0.0311. The summed E-state index contributed by atoms with van der Waals surface area (Å²) in [5.74, 6) is -0.231. The number of carbonyl (C=O) groups is 1. The van der Waals surface area contributed by atoms with Gasteiger partial charge >= 0.3 is 11.7 Å². The predicted octanol–water partition coefficient (Wildman–Crippen LogP) is 3.10. The van der Waals surface area contributed by atoms with Gasteiger partial charge in [0.2, 0.25) is 0 Å². The van der Waals surface area contributed by atoms with Crippen molar-refractivity contribution in [1.29, 1.82) is 0 Å². The van der Waals surface area contributed by atoms with Gasteiger partial charge in [-0.05, 0) is 49.5 Å². The van der Waals surface area contributed by atoms with Gasteiger partial charge in [-0.2, -0.15) is 0 Å². The molecule has 6 heteroatoms. The van der Waals surface area contributed by atoms with Crippen molar-refractivity contribution in [2.24, 2.45) is 0 Å². The lowest BCUT2D eigenvalue weighted by Crippen LogP contribution is -2.12. The number of methoxy groups -OCH3 is 1. The van der Waals surface area contributed by atoms with Crippen LogP contribution in [-0.2, 0) is 9.53 Å². The van der Waals surface area contributed by atoms with Crippen LogP contribution < -0.4 is 4.74 Å². The minimum Gasteiger partial charge on any atom is -0.483 e. The summed E-state index contributed by atoms with van der Waals surface area (Å²) in [5.41, 5.74) is 0.594. The van der Waals surface area contributed by atoms with E-state index in [0.717, 1.165) is 25.7 Å². The van der Waals surface area contributed by atoms with Crippen LogP contribution in [-0.4, -0.2) is 24.1 Å². The Morgan fingerprint density at radius 2 is 2.10 bits per heavy atom. The Labute approximate surface area is 122 Å². The van der Waals surface area contributed by atoms with E-state index in [1.807, 2.05) is 0 Å². The Kier molecular flexibility index (Phi) is 4.92. The SMILES string of the molecule is COC(=O)C=Cc1ccc([N+](=O)[O-])c(OC2CCCC2)c1. The summed E-state index contributed by atoms with van der Waals surface area (Å²) >= 11 is 0. The van der Waals surface area contributed by atoms with Gasteiger partial charge in [0.15, 0.2) is 5.75 Å². The molecule has 21 heavy (non-hydrogen) atoms. The third-order valence-corrected chi connectivity index (χ3v) is 3.39. The first kappa shape index (κ1) is 15.0. The van der Waals surface area contributed by atoms with E-state index >= 15 is 0 Å². The second-order valence-corrected chi connectivity index (χ2v) is 4.87. The molecule has 6 nitrogen and oxygen atoms in total. The molecule has 112 valence electrons. The fourth-order valence-electron chi connectivity index (χ4n) is 2.30. The zero-order valence-corrected chi connectivity index (χ0v) is 11.8. The number of benzene rings is 1. The molecule has 0 amide bonds. The number of esters is 1. The first-order valence-electron chi connectivity index (χ1n) is 6.81. The molecule has 1 fully saturated rings. The molecule has 0 bridgehead atoms. The molecule has 0 heterocycles. The molecule has 0 saturated heterocycles. The Hall–Kier alpha value is -2.37. The highest BCUT2D eigenvalue weighted by atomic mass is 16.6. The number of carbonyl (C=O) groups excluding carboxylic acids is 1. The van der Waals surface area contributed by atoms with E-state index in [1.165, 1.54) is 25.3 Å². The van der Waals surface area contributed by atoms with Crippen LogP contribution in [0.4, 0.5) is 5.69 Å². The topological polar surface area (TPSA) is 78.7 Å². The van der Waals surface area contributed by atoms with Crippen molar-refractivity contribution in [1.82, 2.24) is 0 Å². The number of hydrogen-bond donors (Lipinski definition) is 0. The molecule has 1 aliphatic rings. The number of nitro groups is 1. The fraction of sp³-hybridized carbons (Fsp3) is 0.400. The van der Waals surface area contributed by atoms with Gasteiger partial charge in [-0.25, -0.2) is 4.79 Å². The van der Waals surface area contributed by atoms with Crippen LogP contribution in [0.5, 0.6) is 5.75 Å². The first-order chi connectivity index (χ1) is 10.1. The van der Waals surface area contributed by atoms with Crippen LogP contribution in [0.15, 0.2) is 24.3 Å². The molecule has 1 saturated carbocycles. The van der Waals surface area contributed by atoms with Crippen LogP contribution in [0.25, 0.3) is 6.08 Å². The largest absolute Gasteiger partial charge is 0.483 e. The smallest absolute Gasteiger partial charge is 0.330 e. The minimum atomic E-state index is -0.480. The van der Waals surface area contributed by atoms with Gasteiger partial charge in [-0.1, -0.05) is 0 Å². The maximum absolute atomic E-state index is 11.1. The molecule has 1 aliphatic carbocycles. The molecule has 1 aromatic rings. The number of rotatable bonds is 5. The molecule has 1 aromatic carbocycles. The van der Waals surface area contributed by atoms with Crippen LogP contribution in [0.3, 0.4) is 0 Å². The lowest BCUT2D eigenvalue weighted by atomic mass is 10.1. The molecule has 0 radical (unpaired) electrons. The van der Waals surface area contributed by atoms with E-state index in [4.69, 9.17) is 4.74 Å². The molecular formula is C15H17NO5.